The molecule has 0 fully saturated rings. The first-order valence-electron chi connectivity index (χ1n) is 5.26. The zero-order chi connectivity index (χ0) is 14.8. The van der Waals surface area contributed by atoms with Gasteiger partial charge in [0, 0.05) is 17.9 Å². The van der Waals surface area contributed by atoms with Crippen LogP contribution in [0.2, 0.25) is 0 Å². The number of aliphatic hydroxyl groups excluding tert-OH is 1. The van der Waals surface area contributed by atoms with E-state index in [0.29, 0.717) is 0 Å². The number of nitrogens with two attached hydrogens (primary N) is 2. The molecule has 1 rings (SSSR count). The average molecular weight is 295 g/mol. The highest BCUT2D eigenvalue weighted by Gasteiger charge is 2.19. The van der Waals surface area contributed by atoms with Gasteiger partial charge in [-0.05, 0) is 24.6 Å². The van der Waals surface area contributed by atoms with Crippen LogP contribution in [0, 0.1) is 6.92 Å². The van der Waals surface area contributed by atoms with Crippen molar-refractivity contribution in [1.29, 1.82) is 0 Å². The van der Waals surface area contributed by atoms with Crippen molar-refractivity contribution in [1.82, 2.24) is 0 Å². The Morgan fingerprint density at radius 2 is 2.00 bits per heavy atom. The molecule has 1 aromatic rings. The Balaban J connectivity index is 3.06. The predicted molar refractivity (Wildman–Crippen MR) is 67.5 cm³/mol. The zero-order valence-corrected chi connectivity index (χ0v) is 10.9. The maximum absolute atomic E-state index is 12.1. The van der Waals surface area contributed by atoms with Gasteiger partial charge in [0.2, 0.25) is 10.0 Å². The van der Waals surface area contributed by atoms with E-state index in [0.717, 1.165) is 0 Å². The highest BCUT2D eigenvalue weighted by atomic mass is 32.2. The second kappa shape index (κ2) is 5.68. The summed E-state index contributed by atoms with van der Waals surface area (Å²) in [6.45, 7) is 1.02. The third-order valence-corrected chi connectivity index (χ3v) is 3.52. The van der Waals surface area contributed by atoms with E-state index >= 15 is 0 Å². The fraction of sp³-hybridized carbons (Fsp3) is 0.400. The van der Waals surface area contributed by atoms with E-state index in [1.54, 1.807) is 0 Å². The lowest BCUT2D eigenvalue weighted by atomic mass is 10.1. The summed E-state index contributed by atoms with van der Waals surface area (Å²) in [5, 5.41) is 16.5. The molecule has 0 bridgehead atoms. The van der Waals surface area contributed by atoms with Gasteiger partial charge in [0.25, 0.3) is 6.43 Å². The topological polar surface area (TPSA) is 118 Å². The summed E-state index contributed by atoms with van der Waals surface area (Å²) in [6, 6.07) is 2.56. The first-order chi connectivity index (χ1) is 8.62. The molecule has 0 aromatic heterocycles. The Bertz CT molecular complexity index is 563. The van der Waals surface area contributed by atoms with Crippen LogP contribution >= 0.6 is 0 Å². The van der Waals surface area contributed by atoms with E-state index in [1.165, 1.54) is 19.1 Å². The quantitative estimate of drug-likeness (QED) is 0.581. The largest absolute Gasteiger partial charge is 0.399 e. The Hall–Kier alpha value is -1.45. The van der Waals surface area contributed by atoms with Crippen molar-refractivity contribution in [3.8, 4) is 0 Å². The van der Waals surface area contributed by atoms with Crippen LogP contribution in [0.15, 0.2) is 17.0 Å². The molecule has 0 heterocycles. The molecule has 0 spiro atoms. The van der Waals surface area contributed by atoms with Gasteiger partial charge in [-0.3, -0.25) is 0 Å². The number of anilines is 2. The number of sulfonamides is 1. The minimum atomic E-state index is -3.96. The van der Waals surface area contributed by atoms with Gasteiger partial charge in [0.05, 0.1) is 4.90 Å². The highest BCUT2D eigenvalue weighted by molar-refractivity contribution is 7.89. The number of halogens is 2. The molecule has 1 aromatic carbocycles. The molecule has 0 amide bonds. The average Bonchev–Trinajstić information content (AvgIpc) is 2.27. The second-order valence-corrected chi connectivity index (χ2v) is 5.55. The molecule has 0 aliphatic heterocycles. The fourth-order valence-electron chi connectivity index (χ4n) is 1.49. The number of nitrogens with one attached hydrogen (secondary N) is 1. The molecule has 6 nitrogen and oxygen atoms in total. The predicted octanol–water partition coefficient (Wildman–Crippen LogP) is 0.263. The van der Waals surface area contributed by atoms with E-state index in [4.69, 9.17) is 16.0 Å². The van der Waals surface area contributed by atoms with E-state index in [1.807, 2.05) is 0 Å². The van der Waals surface area contributed by atoms with Crippen LogP contribution < -0.4 is 16.2 Å². The molecule has 0 aliphatic carbocycles. The van der Waals surface area contributed by atoms with Crippen LogP contribution in [0.1, 0.15) is 5.56 Å². The Morgan fingerprint density at radius 3 is 2.47 bits per heavy atom. The van der Waals surface area contributed by atoms with E-state index in [2.05, 4.69) is 5.32 Å². The maximum atomic E-state index is 12.1. The van der Waals surface area contributed by atoms with Gasteiger partial charge in [0.1, 0.15) is 6.10 Å². The van der Waals surface area contributed by atoms with Crippen molar-refractivity contribution in [2.75, 3.05) is 17.6 Å². The molecule has 108 valence electrons. The number of alkyl halides is 2. The molecule has 0 saturated carbocycles. The SMILES string of the molecule is Cc1c(NCC(O)C(F)F)cc(N)cc1S(N)(=O)=O. The molecular formula is C10H15F2N3O3S. The van der Waals surface area contributed by atoms with Gasteiger partial charge < -0.3 is 16.2 Å². The molecule has 0 aliphatic rings. The number of benzene rings is 1. The minimum absolute atomic E-state index is 0.115. The van der Waals surface area contributed by atoms with Gasteiger partial charge in [-0.15, -0.1) is 0 Å². The van der Waals surface area contributed by atoms with Gasteiger partial charge in [-0.2, -0.15) is 0 Å². The molecule has 0 saturated heterocycles. The van der Waals surface area contributed by atoms with Crippen molar-refractivity contribution in [3.63, 3.8) is 0 Å². The summed E-state index contributed by atoms with van der Waals surface area (Å²) < 4.78 is 47.0. The van der Waals surface area contributed by atoms with Crippen LogP contribution in [0.5, 0.6) is 0 Å². The monoisotopic (exact) mass is 295 g/mol. The molecule has 1 atom stereocenters. The van der Waals surface area contributed by atoms with E-state index in [-0.39, 0.29) is 21.8 Å². The normalized spacial score (nSPS) is 13.6. The van der Waals surface area contributed by atoms with Gasteiger partial charge >= 0.3 is 0 Å². The number of primary sulfonamides is 1. The zero-order valence-electron chi connectivity index (χ0n) is 10.1. The third-order valence-electron chi connectivity index (χ3n) is 2.48. The molecule has 19 heavy (non-hydrogen) atoms. The van der Waals surface area contributed by atoms with Crippen LogP contribution in [0.25, 0.3) is 0 Å². The van der Waals surface area contributed by atoms with Gasteiger partial charge in [-0.25, -0.2) is 22.3 Å². The standard InChI is InChI=1S/C10H15F2N3O3S/c1-5-7(15-4-8(16)10(11)12)2-6(13)3-9(5)19(14,17)18/h2-3,8,10,15-16H,4,13H2,1H3,(H2,14,17,18). The summed E-state index contributed by atoms with van der Waals surface area (Å²) in [4.78, 5) is -0.193. The number of hydrogen-bond acceptors (Lipinski definition) is 5. The smallest absolute Gasteiger partial charge is 0.265 e. The number of aliphatic hydroxyl groups is 1. The van der Waals surface area contributed by atoms with Crippen molar-refractivity contribution in [2.24, 2.45) is 5.14 Å². The lowest BCUT2D eigenvalue weighted by Gasteiger charge is -2.16. The van der Waals surface area contributed by atoms with Gasteiger partial charge in [0.15, 0.2) is 0 Å². The lowest BCUT2D eigenvalue weighted by Crippen LogP contribution is -2.27. The molecule has 6 N–H and O–H groups in total. The number of hydrogen-bond donors (Lipinski definition) is 4. The first kappa shape index (κ1) is 15.6. The highest BCUT2D eigenvalue weighted by Crippen LogP contribution is 2.26. The van der Waals surface area contributed by atoms with E-state index in [9.17, 15) is 17.2 Å². The van der Waals surface area contributed by atoms with Gasteiger partial charge in [-0.1, -0.05) is 0 Å². The number of rotatable bonds is 5. The van der Waals surface area contributed by atoms with Crippen molar-refractivity contribution in [3.05, 3.63) is 17.7 Å². The second-order valence-electron chi connectivity index (χ2n) is 4.02. The Kier molecular flexibility index (Phi) is 4.66. The van der Waals surface area contributed by atoms with Crippen LogP contribution in [0.4, 0.5) is 20.2 Å². The summed E-state index contributed by atoms with van der Waals surface area (Å²) in [5.41, 5.74) is 6.11. The van der Waals surface area contributed by atoms with Crippen molar-refractivity contribution in [2.45, 2.75) is 24.3 Å². The van der Waals surface area contributed by atoms with E-state index < -0.39 is 29.1 Å². The Labute approximate surface area is 109 Å². The van der Waals surface area contributed by atoms with Crippen LogP contribution in [0.3, 0.4) is 0 Å². The van der Waals surface area contributed by atoms with Crippen molar-refractivity contribution < 1.29 is 22.3 Å². The molecule has 1 unspecified atom stereocenters. The molecule has 9 heteroatoms. The maximum Gasteiger partial charge on any atom is 0.265 e. The summed E-state index contributed by atoms with van der Waals surface area (Å²) in [7, 11) is -3.96. The first-order valence-corrected chi connectivity index (χ1v) is 6.80. The third kappa shape index (κ3) is 4.01. The number of nitrogen functional groups attached to an aromatic ring is 1. The minimum Gasteiger partial charge on any atom is -0.399 e. The molecular weight excluding hydrogens is 280 g/mol. The molecule has 0 radical (unpaired) electrons. The van der Waals surface area contributed by atoms with Crippen LogP contribution in [-0.4, -0.2) is 32.6 Å². The van der Waals surface area contributed by atoms with Crippen LogP contribution in [-0.2, 0) is 10.0 Å². The Morgan fingerprint density at radius 1 is 1.42 bits per heavy atom. The summed E-state index contributed by atoms with van der Waals surface area (Å²) in [5.74, 6) is 0. The summed E-state index contributed by atoms with van der Waals surface area (Å²) >= 11 is 0. The lowest BCUT2D eigenvalue weighted by molar-refractivity contribution is 0.00384. The summed E-state index contributed by atoms with van der Waals surface area (Å²) in [6.07, 6.45) is -4.76. The fourth-order valence-corrected chi connectivity index (χ4v) is 2.33. The van der Waals surface area contributed by atoms with Crippen molar-refractivity contribution >= 4 is 21.4 Å².